The Balaban J connectivity index is 1.55. The van der Waals surface area contributed by atoms with Crippen LogP contribution in [0.2, 0.25) is 5.02 Å². The molecule has 1 unspecified atom stereocenters. The third kappa shape index (κ3) is 4.48. The van der Waals surface area contributed by atoms with E-state index in [1.807, 2.05) is 0 Å². The zero-order chi connectivity index (χ0) is 18.5. The van der Waals surface area contributed by atoms with Crippen LogP contribution in [0, 0.1) is 0 Å². The van der Waals surface area contributed by atoms with E-state index >= 15 is 0 Å². The van der Waals surface area contributed by atoms with E-state index in [1.54, 1.807) is 41.3 Å². The first-order valence-electron chi connectivity index (χ1n) is 7.71. The third-order valence-electron chi connectivity index (χ3n) is 3.37. The SMILES string of the molecule is CC(OC(=O)c1ccc(Cn2cccn2)o1)C(=O)Nc1ccc(Cl)cn1. The molecule has 8 nitrogen and oxygen atoms in total. The maximum atomic E-state index is 12.1. The van der Waals surface area contributed by atoms with E-state index < -0.39 is 18.0 Å². The summed E-state index contributed by atoms with van der Waals surface area (Å²) in [4.78, 5) is 28.1. The predicted octanol–water partition coefficient (Wildman–Crippen LogP) is 2.76. The van der Waals surface area contributed by atoms with Crippen molar-refractivity contribution < 1.29 is 18.7 Å². The highest BCUT2D eigenvalue weighted by molar-refractivity contribution is 6.30. The van der Waals surface area contributed by atoms with Gasteiger partial charge in [-0.3, -0.25) is 9.48 Å². The van der Waals surface area contributed by atoms with Crippen molar-refractivity contribution in [3.05, 3.63) is 65.5 Å². The molecule has 0 aliphatic heterocycles. The number of carbonyl (C=O) groups excluding carboxylic acids is 2. The summed E-state index contributed by atoms with van der Waals surface area (Å²) in [6, 6.07) is 8.06. The van der Waals surface area contributed by atoms with Crippen molar-refractivity contribution in [1.82, 2.24) is 14.8 Å². The van der Waals surface area contributed by atoms with Crippen LogP contribution in [0.1, 0.15) is 23.2 Å². The number of anilines is 1. The molecular weight excluding hydrogens is 360 g/mol. The van der Waals surface area contributed by atoms with Gasteiger partial charge >= 0.3 is 5.97 Å². The van der Waals surface area contributed by atoms with Crippen LogP contribution in [0.5, 0.6) is 0 Å². The average molecular weight is 375 g/mol. The minimum atomic E-state index is -1.03. The molecule has 0 aromatic carbocycles. The predicted molar refractivity (Wildman–Crippen MR) is 92.8 cm³/mol. The second kappa shape index (κ2) is 7.83. The number of pyridine rings is 1. The van der Waals surface area contributed by atoms with Gasteiger partial charge in [0, 0.05) is 18.6 Å². The number of esters is 1. The fourth-order valence-electron chi connectivity index (χ4n) is 2.08. The zero-order valence-electron chi connectivity index (χ0n) is 13.8. The van der Waals surface area contributed by atoms with E-state index in [9.17, 15) is 9.59 Å². The van der Waals surface area contributed by atoms with Crippen LogP contribution in [0.3, 0.4) is 0 Å². The molecule has 3 aromatic rings. The minimum Gasteiger partial charge on any atom is -0.452 e. The van der Waals surface area contributed by atoms with Gasteiger partial charge in [0.05, 0.1) is 11.6 Å². The number of hydrogen-bond acceptors (Lipinski definition) is 6. The minimum absolute atomic E-state index is 0.0106. The van der Waals surface area contributed by atoms with Crippen molar-refractivity contribution in [2.75, 3.05) is 5.32 Å². The van der Waals surface area contributed by atoms with Crippen LogP contribution in [0.4, 0.5) is 5.82 Å². The monoisotopic (exact) mass is 374 g/mol. The first-order valence-corrected chi connectivity index (χ1v) is 8.08. The number of nitrogens with one attached hydrogen (secondary N) is 1. The molecule has 3 rings (SSSR count). The van der Waals surface area contributed by atoms with Crippen molar-refractivity contribution in [3.8, 4) is 0 Å². The van der Waals surface area contributed by atoms with Gasteiger partial charge in [-0.15, -0.1) is 0 Å². The smallest absolute Gasteiger partial charge is 0.375 e. The molecule has 0 aliphatic rings. The highest BCUT2D eigenvalue weighted by Gasteiger charge is 2.21. The topological polar surface area (TPSA) is 99.3 Å². The molecule has 0 aliphatic carbocycles. The number of amides is 1. The number of halogens is 1. The number of nitrogens with zero attached hydrogens (tertiary/aromatic N) is 3. The maximum absolute atomic E-state index is 12.1. The summed E-state index contributed by atoms with van der Waals surface area (Å²) in [5.74, 6) is -0.388. The highest BCUT2D eigenvalue weighted by Crippen LogP contribution is 2.13. The normalized spacial score (nSPS) is 11.8. The number of carbonyl (C=O) groups is 2. The van der Waals surface area contributed by atoms with E-state index in [-0.39, 0.29) is 5.76 Å². The lowest BCUT2D eigenvalue weighted by Crippen LogP contribution is -2.30. The molecule has 0 saturated heterocycles. The fraction of sp³-hybridized carbons (Fsp3) is 0.176. The number of ether oxygens (including phenoxy) is 1. The maximum Gasteiger partial charge on any atom is 0.375 e. The first kappa shape index (κ1) is 17.7. The summed E-state index contributed by atoms with van der Waals surface area (Å²) in [5.41, 5.74) is 0. The van der Waals surface area contributed by atoms with Crippen molar-refractivity contribution in [1.29, 1.82) is 0 Å². The Morgan fingerprint density at radius 2 is 2.19 bits per heavy atom. The summed E-state index contributed by atoms with van der Waals surface area (Å²) >= 11 is 5.73. The Morgan fingerprint density at radius 3 is 2.88 bits per heavy atom. The largest absolute Gasteiger partial charge is 0.452 e. The van der Waals surface area contributed by atoms with Gasteiger partial charge in [-0.25, -0.2) is 9.78 Å². The lowest BCUT2D eigenvalue weighted by atomic mass is 10.3. The molecule has 1 amide bonds. The molecule has 26 heavy (non-hydrogen) atoms. The van der Waals surface area contributed by atoms with Crippen LogP contribution in [0.25, 0.3) is 0 Å². The van der Waals surface area contributed by atoms with E-state index in [0.717, 1.165) is 0 Å². The van der Waals surface area contributed by atoms with E-state index in [2.05, 4.69) is 15.4 Å². The zero-order valence-corrected chi connectivity index (χ0v) is 14.5. The second-order valence-corrected chi connectivity index (χ2v) is 5.80. The quantitative estimate of drug-likeness (QED) is 0.666. The van der Waals surface area contributed by atoms with Crippen molar-refractivity contribution >= 4 is 29.3 Å². The Hall–Kier alpha value is -3.13. The second-order valence-electron chi connectivity index (χ2n) is 5.37. The molecule has 0 saturated carbocycles. The molecule has 0 fully saturated rings. The molecule has 134 valence electrons. The van der Waals surface area contributed by atoms with Crippen LogP contribution in [0.15, 0.2) is 53.3 Å². The number of aromatic nitrogens is 3. The van der Waals surface area contributed by atoms with Crippen LogP contribution >= 0.6 is 11.6 Å². The Bertz CT molecular complexity index is 890. The molecule has 0 spiro atoms. The molecule has 3 heterocycles. The lowest BCUT2D eigenvalue weighted by molar-refractivity contribution is -0.123. The van der Waals surface area contributed by atoms with E-state index in [1.165, 1.54) is 19.2 Å². The first-order chi connectivity index (χ1) is 12.5. The Kier molecular flexibility index (Phi) is 5.33. The number of hydrogen-bond donors (Lipinski definition) is 1. The number of rotatable bonds is 6. The third-order valence-corrected chi connectivity index (χ3v) is 3.60. The molecule has 9 heteroatoms. The van der Waals surface area contributed by atoms with Gasteiger partial charge in [0.1, 0.15) is 11.6 Å². The summed E-state index contributed by atoms with van der Waals surface area (Å²) < 4.78 is 12.2. The summed E-state index contributed by atoms with van der Waals surface area (Å²) in [7, 11) is 0. The Labute approximate surface area is 153 Å². The molecule has 3 aromatic heterocycles. The summed E-state index contributed by atoms with van der Waals surface area (Å²) in [5, 5.41) is 7.04. The van der Waals surface area contributed by atoms with Gasteiger partial charge in [-0.2, -0.15) is 5.10 Å². The van der Waals surface area contributed by atoms with Crippen LogP contribution in [-0.2, 0) is 16.1 Å². The number of furan rings is 1. The highest BCUT2D eigenvalue weighted by atomic mass is 35.5. The summed E-state index contributed by atoms with van der Waals surface area (Å²) in [6.45, 7) is 1.84. The van der Waals surface area contributed by atoms with Gasteiger partial charge in [-0.1, -0.05) is 11.6 Å². The molecule has 0 bridgehead atoms. The van der Waals surface area contributed by atoms with Crippen molar-refractivity contribution in [2.45, 2.75) is 19.6 Å². The molecular formula is C17H15ClN4O4. The summed E-state index contributed by atoms with van der Waals surface area (Å²) in [6.07, 6.45) is 3.79. The van der Waals surface area contributed by atoms with Gasteiger partial charge in [-0.05, 0) is 37.3 Å². The molecule has 1 N–H and O–H groups in total. The lowest BCUT2D eigenvalue weighted by Gasteiger charge is -2.12. The van der Waals surface area contributed by atoms with Crippen LogP contribution < -0.4 is 5.32 Å². The van der Waals surface area contributed by atoms with E-state index in [0.29, 0.717) is 23.1 Å². The van der Waals surface area contributed by atoms with Crippen molar-refractivity contribution in [2.24, 2.45) is 0 Å². The average Bonchev–Trinajstić information content (AvgIpc) is 3.29. The molecule has 1 atom stereocenters. The van der Waals surface area contributed by atoms with Crippen molar-refractivity contribution in [3.63, 3.8) is 0 Å². The van der Waals surface area contributed by atoms with Gasteiger partial charge in [0.2, 0.25) is 5.76 Å². The fourth-order valence-corrected chi connectivity index (χ4v) is 2.19. The van der Waals surface area contributed by atoms with Crippen LogP contribution in [-0.4, -0.2) is 32.7 Å². The standard InChI is InChI=1S/C17H15ClN4O4/c1-11(16(23)21-15-6-3-12(18)9-19-15)25-17(24)14-5-4-13(26-14)10-22-8-2-7-20-22/h2-9,11H,10H2,1H3,(H,19,21,23). The Morgan fingerprint density at radius 1 is 1.35 bits per heavy atom. The van der Waals surface area contributed by atoms with Gasteiger partial charge in [0.15, 0.2) is 6.10 Å². The van der Waals surface area contributed by atoms with E-state index in [4.69, 9.17) is 20.8 Å². The van der Waals surface area contributed by atoms with Gasteiger partial charge < -0.3 is 14.5 Å². The van der Waals surface area contributed by atoms with Gasteiger partial charge in [0.25, 0.3) is 5.91 Å². The molecule has 0 radical (unpaired) electrons.